The molecule has 0 aliphatic rings. The van der Waals surface area contributed by atoms with Crippen molar-refractivity contribution in [1.29, 1.82) is 0 Å². The molecule has 0 aliphatic heterocycles. The lowest BCUT2D eigenvalue weighted by Crippen LogP contribution is -2.03. The van der Waals surface area contributed by atoms with E-state index in [0.717, 1.165) is 5.56 Å². The van der Waals surface area contributed by atoms with Gasteiger partial charge >= 0.3 is 0 Å². The fourth-order valence-corrected chi connectivity index (χ4v) is 1.59. The monoisotopic (exact) mass is 260 g/mol. The molecule has 0 fully saturated rings. The number of pyridine rings is 1. The lowest BCUT2D eigenvalue weighted by molar-refractivity contribution is 0.128. The van der Waals surface area contributed by atoms with Crippen LogP contribution in [0.2, 0.25) is 0 Å². The van der Waals surface area contributed by atoms with Crippen LogP contribution < -0.4 is 10.5 Å². The smallest absolute Gasteiger partial charge is 0.157 e. The van der Waals surface area contributed by atoms with Crippen molar-refractivity contribution in [2.75, 3.05) is 19.5 Å². The molecule has 0 aliphatic carbocycles. The van der Waals surface area contributed by atoms with Gasteiger partial charge in [-0.25, -0.2) is 9.97 Å². The Morgan fingerprint density at radius 2 is 2.05 bits per heavy atom. The maximum atomic E-state index is 5.78. The van der Waals surface area contributed by atoms with E-state index in [1.165, 1.54) is 0 Å². The third-order valence-corrected chi connectivity index (χ3v) is 2.47. The lowest BCUT2D eigenvalue weighted by Gasteiger charge is -2.07. The molecule has 0 amide bonds. The zero-order chi connectivity index (χ0) is 13.7. The summed E-state index contributed by atoms with van der Waals surface area (Å²) >= 11 is 0. The van der Waals surface area contributed by atoms with E-state index < -0.39 is 0 Å². The number of ether oxygens (including phenoxy) is 2. The Kier molecular flexibility index (Phi) is 4.25. The van der Waals surface area contributed by atoms with Crippen LogP contribution in [0.15, 0.2) is 24.5 Å². The van der Waals surface area contributed by atoms with Gasteiger partial charge in [-0.2, -0.15) is 0 Å². The average Bonchev–Trinajstić information content (AvgIpc) is 2.44. The predicted octanol–water partition coefficient (Wildman–Crippen LogP) is 1.67. The van der Waals surface area contributed by atoms with E-state index in [-0.39, 0.29) is 0 Å². The van der Waals surface area contributed by atoms with Crippen LogP contribution in [0.1, 0.15) is 12.7 Å². The second-order valence-electron chi connectivity index (χ2n) is 3.84. The van der Waals surface area contributed by atoms with Gasteiger partial charge in [0.2, 0.25) is 0 Å². The molecule has 0 bridgehead atoms. The van der Waals surface area contributed by atoms with Crippen LogP contribution >= 0.6 is 0 Å². The number of rotatable bonds is 5. The number of anilines is 1. The van der Waals surface area contributed by atoms with Gasteiger partial charge in [0.15, 0.2) is 5.82 Å². The Hall–Kier alpha value is -2.21. The van der Waals surface area contributed by atoms with Crippen LogP contribution in [0.3, 0.4) is 0 Å². The third kappa shape index (κ3) is 3.38. The van der Waals surface area contributed by atoms with Gasteiger partial charge in [-0.05, 0) is 13.0 Å². The summed E-state index contributed by atoms with van der Waals surface area (Å²) < 4.78 is 10.4. The average molecular weight is 260 g/mol. The van der Waals surface area contributed by atoms with E-state index in [1.54, 1.807) is 25.6 Å². The molecule has 2 heterocycles. The van der Waals surface area contributed by atoms with Gasteiger partial charge in [0, 0.05) is 24.4 Å². The van der Waals surface area contributed by atoms with Crippen molar-refractivity contribution in [3.05, 3.63) is 30.4 Å². The Morgan fingerprint density at radius 1 is 1.21 bits per heavy atom. The van der Waals surface area contributed by atoms with Crippen molar-refractivity contribution >= 4 is 5.82 Å². The zero-order valence-electron chi connectivity index (χ0n) is 11.0. The molecule has 6 nitrogen and oxygen atoms in total. The van der Waals surface area contributed by atoms with Gasteiger partial charge < -0.3 is 15.2 Å². The quantitative estimate of drug-likeness (QED) is 0.880. The van der Waals surface area contributed by atoms with Crippen LogP contribution in [-0.4, -0.2) is 28.7 Å². The van der Waals surface area contributed by atoms with Crippen molar-refractivity contribution in [3.63, 3.8) is 0 Å². The lowest BCUT2D eigenvalue weighted by atomic mass is 10.2. The molecule has 0 radical (unpaired) electrons. The van der Waals surface area contributed by atoms with E-state index in [2.05, 4.69) is 15.0 Å². The summed E-state index contributed by atoms with van der Waals surface area (Å²) in [5.74, 6) is 1.63. The van der Waals surface area contributed by atoms with Crippen LogP contribution in [0.25, 0.3) is 11.3 Å². The van der Waals surface area contributed by atoms with Crippen LogP contribution in [0, 0.1) is 0 Å². The van der Waals surface area contributed by atoms with Crippen LogP contribution in [0.4, 0.5) is 5.82 Å². The van der Waals surface area contributed by atoms with Crippen LogP contribution in [-0.2, 0) is 11.3 Å². The van der Waals surface area contributed by atoms with E-state index in [1.807, 2.05) is 13.0 Å². The Bertz CT molecular complexity index is 560. The number of nitrogens with zero attached hydrogens (tertiary/aromatic N) is 3. The number of hydrogen-bond acceptors (Lipinski definition) is 6. The highest BCUT2D eigenvalue weighted by Crippen LogP contribution is 2.22. The van der Waals surface area contributed by atoms with Crippen molar-refractivity contribution in [2.45, 2.75) is 13.5 Å². The van der Waals surface area contributed by atoms with E-state index in [9.17, 15) is 0 Å². The van der Waals surface area contributed by atoms with Gasteiger partial charge in [0.05, 0.1) is 19.0 Å². The molecule has 0 aromatic carbocycles. The summed E-state index contributed by atoms with van der Waals surface area (Å²) in [4.78, 5) is 12.6. The molecule has 2 N–H and O–H groups in total. The first-order valence-electron chi connectivity index (χ1n) is 5.93. The normalized spacial score (nSPS) is 10.4. The van der Waals surface area contributed by atoms with Crippen molar-refractivity contribution in [2.24, 2.45) is 0 Å². The minimum atomic E-state index is 0.339. The first-order valence-corrected chi connectivity index (χ1v) is 5.93. The summed E-state index contributed by atoms with van der Waals surface area (Å²) in [7, 11) is 1.59. The molecule has 0 saturated heterocycles. The Labute approximate surface area is 111 Å². The van der Waals surface area contributed by atoms with E-state index >= 15 is 0 Å². The molecule has 0 atom stereocenters. The minimum Gasteiger partial charge on any atom is -0.495 e. The molecule has 0 spiro atoms. The molecule has 2 aromatic rings. The molecular formula is C13H16N4O2. The van der Waals surface area contributed by atoms with Gasteiger partial charge in [-0.3, -0.25) is 4.98 Å². The minimum absolute atomic E-state index is 0.339. The fraction of sp³-hybridized carbons (Fsp3) is 0.308. The Balaban J connectivity index is 2.34. The van der Waals surface area contributed by atoms with E-state index in [4.69, 9.17) is 15.2 Å². The maximum absolute atomic E-state index is 5.78. The number of methoxy groups -OCH3 is 1. The molecule has 100 valence electrons. The summed E-state index contributed by atoms with van der Waals surface area (Å²) in [5, 5.41) is 0. The van der Waals surface area contributed by atoms with Crippen molar-refractivity contribution in [3.8, 4) is 17.0 Å². The third-order valence-electron chi connectivity index (χ3n) is 2.47. The summed E-state index contributed by atoms with van der Waals surface area (Å²) in [6, 6.07) is 3.55. The summed E-state index contributed by atoms with van der Waals surface area (Å²) in [6.07, 6.45) is 3.34. The number of nitrogens with two attached hydrogens (primary N) is 1. The van der Waals surface area contributed by atoms with Gasteiger partial charge in [-0.1, -0.05) is 0 Å². The highest BCUT2D eigenvalue weighted by Gasteiger charge is 2.07. The zero-order valence-corrected chi connectivity index (χ0v) is 11.0. The standard InChI is InChI=1S/C13H16N4O2/c1-3-19-8-13-16-11(5-12(14)17-13)9-4-10(18-2)7-15-6-9/h4-7H,3,8H2,1-2H3,(H2,14,16,17). The summed E-state index contributed by atoms with van der Waals surface area (Å²) in [5.41, 5.74) is 7.31. The second-order valence-corrected chi connectivity index (χ2v) is 3.84. The first kappa shape index (κ1) is 13.2. The SMILES string of the molecule is CCOCc1nc(N)cc(-c2cncc(OC)c2)n1. The number of nitrogen functional groups attached to an aromatic ring is 1. The predicted molar refractivity (Wildman–Crippen MR) is 71.6 cm³/mol. The van der Waals surface area contributed by atoms with E-state index in [0.29, 0.717) is 36.3 Å². The summed E-state index contributed by atoms with van der Waals surface area (Å²) in [6.45, 7) is 2.86. The van der Waals surface area contributed by atoms with Crippen molar-refractivity contribution in [1.82, 2.24) is 15.0 Å². The second kappa shape index (κ2) is 6.10. The molecule has 0 saturated carbocycles. The topological polar surface area (TPSA) is 83.2 Å². The highest BCUT2D eigenvalue weighted by atomic mass is 16.5. The van der Waals surface area contributed by atoms with Crippen LogP contribution in [0.5, 0.6) is 5.75 Å². The number of aromatic nitrogens is 3. The molecular weight excluding hydrogens is 244 g/mol. The Morgan fingerprint density at radius 3 is 2.79 bits per heavy atom. The fourth-order valence-electron chi connectivity index (χ4n) is 1.59. The molecule has 2 rings (SSSR count). The largest absolute Gasteiger partial charge is 0.495 e. The first-order chi connectivity index (χ1) is 9.22. The highest BCUT2D eigenvalue weighted by molar-refractivity contribution is 5.62. The molecule has 2 aromatic heterocycles. The van der Waals surface area contributed by atoms with Gasteiger partial charge in [-0.15, -0.1) is 0 Å². The van der Waals surface area contributed by atoms with Crippen molar-refractivity contribution < 1.29 is 9.47 Å². The molecule has 19 heavy (non-hydrogen) atoms. The molecule has 6 heteroatoms. The maximum Gasteiger partial charge on any atom is 0.157 e. The number of hydrogen-bond donors (Lipinski definition) is 1. The van der Waals surface area contributed by atoms with Gasteiger partial charge in [0.25, 0.3) is 0 Å². The molecule has 0 unspecified atom stereocenters. The van der Waals surface area contributed by atoms with Gasteiger partial charge in [0.1, 0.15) is 18.2 Å².